The average Bonchev–Trinajstić information content (AvgIpc) is 3.11. The molecule has 1 aromatic carbocycles. The molecule has 2 atom stereocenters. The molecule has 0 aromatic heterocycles. The molecule has 0 spiro atoms. The number of benzene rings is 1. The highest BCUT2D eigenvalue weighted by Crippen LogP contribution is 2.60. The number of carbonyl (C=O) groups excluding carboxylic acids is 1. The minimum atomic E-state index is -1.30. The zero-order chi connectivity index (χ0) is 20.5. The molecule has 0 unspecified atom stereocenters. The number of esters is 1. The molecule has 1 aliphatic carbocycles. The fourth-order valence-corrected chi connectivity index (χ4v) is 4.03. The van der Waals surface area contributed by atoms with E-state index in [0.29, 0.717) is 19.2 Å². The third-order valence-electron chi connectivity index (χ3n) is 5.15. The maximum atomic E-state index is 14.4. The topological polar surface area (TPSA) is 29.5 Å². The van der Waals surface area contributed by atoms with E-state index in [1.807, 2.05) is 19.9 Å². The van der Waals surface area contributed by atoms with E-state index in [1.165, 1.54) is 0 Å². The Hall–Kier alpha value is -1.02. The second-order valence-corrected chi connectivity index (χ2v) is 9.82. The first-order valence-corrected chi connectivity index (χ1v) is 10.3. The molecule has 0 radical (unpaired) electrons. The Morgan fingerprint density at radius 2 is 1.81 bits per heavy atom. The van der Waals surface area contributed by atoms with Crippen LogP contribution in [0.3, 0.4) is 0 Å². The molecule has 0 heterocycles. The van der Waals surface area contributed by atoms with E-state index in [2.05, 4.69) is 31.9 Å². The summed E-state index contributed by atoms with van der Waals surface area (Å²) in [6.07, 6.45) is 1.86. The van der Waals surface area contributed by atoms with E-state index >= 15 is 0 Å². The number of allylic oxidation sites excluding steroid dienone is 1. The lowest BCUT2D eigenvalue weighted by atomic mass is 10.1. The Balaban J connectivity index is 2.25. The average molecular weight is 513 g/mol. The molecular weight excluding hydrogens is 491 g/mol. The molecule has 0 bridgehead atoms. The second-order valence-electron chi connectivity index (χ2n) is 7.04. The third-order valence-corrected chi connectivity index (χ3v) is 5.68. The van der Waals surface area contributed by atoms with Gasteiger partial charge < -0.3 is 9.64 Å². The van der Waals surface area contributed by atoms with Crippen LogP contribution in [0.15, 0.2) is 15.5 Å². The van der Waals surface area contributed by atoms with Gasteiger partial charge in [-0.25, -0.2) is 13.2 Å². The van der Waals surface area contributed by atoms with Crippen LogP contribution in [0.1, 0.15) is 33.3 Å². The predicted molar refractivity (Wildman–Crippen MR) is 106 cm³/mol. The molecular formula is C19H22Br2F3NO2. The minimum Gasteiger partial charge on any atom is -0.460 e. The number of ether oxygens (including phenoxy) is 1. The Kier molecular flexibility index (Phi) is 7.06. The van der Waals surface area contributed by atoms with Gasteiger partial charge in [-0.15, -0.1) is 0 Å². The van der Waals surface area contributed by atoms with Gasteiger partial charge in [-0.2, -0.15) is 0 Å². The summed E-state index contributed by atoms with van der Waals surface area (Å²) in [7, 11) is 0. The molecule has 1 fully saturated rings. The fourth-order valence-electron chi connectivity index (χ4n) is 3.46. The van der Waals surface area contributed by atoms with Crippen LogP contribution in [0.5, 0.6) is 0 Å². The smallest absolute Gasteiger partial charge is 0.310 e. The largest absolute Gasteiger partial charge is 0.460 e. The maximum Gasteiger partial charge on any atom is 0.310 e. The van der Waals surface area contributed by atoms with Crippen molar-refractivity contribution in [3.63, 3.8) is 0 Å². The highest BCUT2D eigenvalue weighted by molar-refractivity contribution is 9.28. The molecule has 1 saturated carbocycles. The van der Waals surface area contributed by atoms with Crippen molar-refractivity contribution >= 4 is 43.5 Å². The summed E-state index contributed by atoms with van der Waals surface area (Å²) in [4.78, 5) is 14.0. The first-order valence-electron chi connectivity index (χ1n) is 8.66. The quantitative estimate of drug-likeness (QED) is 0.336. The van der Waals surface area contributed by atoms with Gasteiger partial charge in [0.2, 0.25) is 0 Å². The van der Waals surface area contributed by atoms with Gasteiger partial charge in [0, 0.05) is 19.2 Å². The van der Waals surface area contributed by atoms with Gasteiger partial charge in [-0.1, -0.05) is 19.9 Å². The predicted octanol–water partition coefficient (Wildman–Crippen LogP) is 5.90. The van der Waals surface area contributed by atoms with Gasteiger partial charge in [-0.05, 0) is 57.0 Å². The first kappa shape index (κ1) is 22.3. The summed E-state index contributed by atoms with van der Waals surface area (Å²) < 4.78 is 48.4. The van der Waals surface area contributed by atoms with Crippen LogP contribution in [0.2, 0.25) is 0 Å². The van der Waals surface area contributed by atoms with Crippen molar-refractivity contribution in [2.24, 2.45) is 17.3 Å². The zero-order valence-corrected chi connectivity index (χ0v) is 18.8. The van der Waals surface area contributed by atoms with Crippen LogP contribution >= 0.6 is 31.9 Å². The van der Waals surface area contributed by atoms with Crippen LogP contribution in [0.25, 0.3) is 0 Å². The third kappa shape index (κ3) is 4.53. The lowest BCUT2D eigenvalue weighted by Crippen LogP contribution is -2.26. The van der Waals surface area contributed by atoms with E-state index in [4.69, 9.17) is 4.74 Å². The number of halogens is 5. The standard InChI is InChI=1S/C19H22Br2F3NO2/c1-5-25(6-2)17-10(16(24)12(22)8-13(17)23)9-27-18(26)15-11(7-14(20)21)19(15,3)4/h7-8,11,15H,5-6,9H2,1-4H3/t11-,15-/m0/s1. The van der Waals surface area contributed by atoms with Crippen LogP contribution in [-0.4, -0.2) is 19.1 Å². The second kappa shape index (κ2) is 8.55. The summed E-state index contributed by atoms with van der Waals surface area (Å²) in [6, 6.07) is 0.520. The molecule has 3 nitrogen and oxygen atoms in total. The fraction of sp³-hybridized carbons (Fsp3) is 0.526. The monoisotopic (exact) mass is 511 g/mol. The lowest BCUT2D eigenvalue weighted by Gasteiger charge is -2.25. The Bertz CT molecular complexity index is 760. The number of carbonyl (C=O) groups is 1. The van der Waals surface area contributed by atoms with Crippen LogP contribution in [0.4, 0.5) is 18.9 Å². The molecule has 0 aliphatic heterocycles. The number of anilines is 1. The summed E-state index contributed by atoms with van der Waals surface area (Å²) in [5, 5.41) is 0. The SMILES string of the molecule is CCN(CC)c1c(F)cc(F)c(F)c1COC(=O)[C@@H]1[C@H](C=C(Br)Br)C1(C)C. The summed E-state index contributed by atoms with van der Waals surface area (Å²) in [5.74, 6) is -4.33. The lowest BCUT2D eigenvalue weighted by molar-refractivity contribution is -0.147. The molecule has 0 N–H and O–H groups in total. The molecule has 1 aliphatic rings. The molecule has 27 heavy (non-hydrogen) atoms. The highest BCUT2D eigenvalue weighted by atomic mass is 79.9. The minimum absolute atomic E-state index is 0.0462. The molecule has 150 valence electrons. The number of hydrogen-bond donors (Lipinski definition) is 0. The first-order chi connectivity index (χ1) is 12.6. The van der Waals surface area contributed by atoms with Gasteiger partial charge >= 0.3 is 5.97 Å². The van der Waals surface area contributed by atoms with Crippen molar-refractivity contribution < 1.29 is 22.7 Å². The Labute approximate surface area is 174 Å². The van der Waals surface area contributed by atoms with Crippen LogP contribution in [-0.2, 0) is 16.1 Å². The number of hydrogen-bond acceptors (Lipinski definition) is 3. The summed E-state index contributed by atoms with van der Waals surface area (Å²) in [6.45, 7) is 7.69. The van der Waals surface area contributed by atoms with Gasteiger partial charge in [0.05, 0.1) is 20.6 Å². The van der Waals surface area contributed by atoms with Crippen molar-refractivity contribution in [2.45, 2.75) is 34.3 Å². The highest BCUT2D eigenvalue weighted by Gasteiger charge is 2.61. The van der Waals surface area contributed by atoms with E-state index < -0.39 is 35.9 Å². The van der Waals surface area contributed by atoms with Crippen LogP contribution in [0, 0.1) is 34.7 Å². The molecule has 2 rings (SSSR count). The van der Waals surface area contributed by atoms with Gasteiger partial charge in [0.1, 0.15) is 12.4 Å². The zero-order valence-electron chi connectivity index (χ0n) is 15.6. The molecule has 8 heteroatoms. The summed E-state index contributed by atoms with van der Waals surface area (Å²) >= 11 is 6.55. The molecule has 0 saturated heterocycles. The summed E-state index contributed by atoms with van der Waals surface area (Å²) in [5.41, 5.74) is -0.657. The van der Waals surface area contributed by atoms with Crippen molar-refractivity contribution in [1.82, 2.24) is 0 Å². The number of rotatable bonds is 7. The van der Waals surface area contributed by atoms with E-state index in [1.54, 1.807) is 18.7 Å². The van der Waals surface area contributed by atoms with Crippen molar-refractivity contribution in [1.29, 1.82) is 0 Å². The molecule has 1 aromatic rings. The van der Waals surface area contributed by atoms with E-state index in [9.17, 15) is 18.0 Å². The van der Waals surface area contributed by atoms with E-state index in [-0.39, 0.29) is 22.6 Å². The normalized spacial score (nSPS) is 20.2. The van der Waals surface area contributed by atoms with E-state index in [0.717, 1.165) is 3.39 Å². The van der Waals surface area contributed by atoms with Gasteiger partial charge in [0.25, 0.3) is 0 Å². The van der Waals surface area contributed by atoms with Crippen LogP contribution < -0.4 is 4.90 Å². The van der Waals surface area contributed by atoms with Gasteiger partial charge in [-0.3, -0.25) is 4.79 Å². The van der Waals surface area contributed by atoms with Crippen molar-refractivity contribution in [3.05, 3.63) is 38.5 Å². The molecule has 0 amide bonds. The Morgan fingerprint density at radius 3 is 2.33 bits per heavy atom. The number of nitrogens with zero attached hydrogens (tertiary/aromatic N) is 1. The van der Waals surface area contributed by atoms with Crippen molar-refractivity contribution in [3.8, 4) is 0 Å². The van der Waals surface area contributed by atoms with Gasteiger partial charge in [0.15, 0.2) is 11.6 Å². The Morgan fingerprint density at radius 1 is 1.22 bits per heavy atom. The maximum absolute atomic E-state index is 14.4. The van der Waals surface area contributed by atoms with Crippen molar-refractivity contribution in [2.75, 3.05) is 18.0 Å².